The van der Waals surface area contributed by atoms with E-state index in [2.05, 4.69) is 0 Å². The lowest BCUT2D eigenvalue weighted by Crippen LogP contribution is -2.29. The quantitative estimate of drug-likeness (QED) is 0.0654. The van der Waals surface area contributed by atoms with Crippen molar-refractivity contribution in [2.75, 3.05) is 0 Å². The van der Waals surface area contributed by atoms with Crippen LogP contribution >= 0.6 is 0 Å². The van der Waals surface area contributed by atoms with Gasteiger partial charge < -0.3 is 45.2 Å². The molecule has 0 amide bonds. The number of halogens is 2. The molecule has 0 spiro atoms. The highest BCUT2D eigenvalue weighted by atomic mass is 19.2. The lowest BCUT2D eigenvalue weighted by Gasteiger charge is -2.06. The standard InChI is InChI=1S/CH3F2N3O2.3BH3O3/c2-5(7)1(4)6(3)8;3*2-1(3)4/h4,7-8H;3*2-4H. The van der Waals surface area contributed by atoms with E-state index in [9.17, 15) is 8.96 Å². The van der Waals surface area contributed by atoms with E-state index < -0.39 is 38.5 Å². The number of hydrogen-bond donors (Lipinski definition) is 12. The maximum absolute atomic E-state index is 11.1. The van der Waals surface area contributed by atoms with E-state index in [0.29, 0.717) is 0 Å². The second kappa shape index (κ2) is 17.9. The predicted octanol–water partition coefficient (Wildman–Crippen LogP) is -6.08. The molecule has 19 heteroatoms. The zero-order valence-corrected chi connectivity index (χ0v) is 9.30. The molecule has 0 unspecified atom stereocenters. The number of hydroxylamine groups is 2. The molecule has 0 aliphatic heterocycles. The molecule has 0 aliphatic carbocycles. The second-order valence-electron chi connectivity index (χ2n) is 1.88. The number of rotatable bonds is 0. The van der Waals surface area contributed by atoms with Gasteiger partial charge in [0.25, 0.3) is 0 Å². The van der Waals surface area contributed by atoms with Crippen molar-refractivity contribution in [3.05, 3.63) is 0 Å². The first-order valence-electron chi connectivity index (χ1n) is 3.76. The van der Waals surface area contributed by atoms with Crippen molar-refractivity contribution < 1.29 is 64.6 Å². The van der Waals surface area contributed by atoms with Crippen LogP contribution in [0, 0.1) is 5.41 Å². The summed E-state index contributed by atoms with van der Waals surface area (Å²) < 4.78 is 22.1. The number of nitrogens with zero attached hydrogens (tertiary/aromatic N) is 2. The van der Waals surface area contributed by atoms with Gasteiger partial charge in [0.1, 0.15) is 0 Å². The van der Waals surface area contributed by atoms with Gasteiger partial charge >= 0.3 is 27.9 Å². The summed E-state index contributed by atoms with van der Waals surface area (Å²) >= 11 is 0. The van der Waals surface area contributed by atoms with Crippen LogP contribution in [0.1, 0.15) is 0 Å². The minimum absolute atomic E-state index is 1.38. The van der Waals surface area contributed by atoms with Crippen molar-refractivity contribution in [2.24, 2.45) is 0 Å². The Morgan fingerprint density at radius 3 is 0.750 bits per heavy atom. The van der Waals surface area contributed by atoms with Crippen molar-refractivity contribution >= 4 is 27.9 Å². The van der Waals surface area contributed by atoms with Gasteiger partial charge in [-0.2, -0.15) is 0 Å². The first-order valence-corrected chi connectivity index (χ1v) is 3.76. The van der Waals surface area contributed by atoms with Crippen LogP contribution in [0.25, 0.3) is 0 Å². The molecule has 0 fully saturated rings. The maximum atomic E-state index is 11.1. The Balaban J connectivity index is -0.0000000917. The molecule has 0 aromatic rings. The molecule has 0 aromatic heterocycles. The summed E-state index contributed by atoms with van der Waals surface area (Å²) in [6.07, 6.45) is 0. The van der Waals surface area contributed by atoms with E-state index in [1.54, 1.807) is 0 Å². The average molecular weight is 313 g/mol. The molecule has 14 nitrogen and oxygen atoms in total. The van der Waals surface area contributed by atoms with E-state index >= 15 is 0 Å². The third-order valence-electron chi connectivity index (χ3n) is 0.350. The van der Waals surface area contributed by atoms with E-state index in [1.807, 2.05) is 0 Å². The molecule has 0 heterocycles. The largest absolute Gasteiger partial charge is 0.631 e. The molecule has 0 aromatic carbocycles. The first-order chi connectivity index (χ1) is 8.75. The van der Waals surface area contributed by atoms with E-state index in [1.165, 1.54) is 0 Å². The monoisotopic (exact) mass is 313 g/mol. The second-order valence-corrected chi connectivity index (χ2v) is 1.88. The van der Waals surface area contributed by atoms with Crippen molar-refractivity contribution in [3.63, 3.8) is 0 Å². The SMILES string of the molecule is N=C(N(O)F)N(O)F.OB(O)O.OB(O)O.OB(O)O. The Morgan fingerprint density at radius 2 is 0.750 bits per heavy atom. The highest BCUT2D eigenvalue weighted by Gasteiger charge is 2.11. The van der Waals surface area contributed by atoms with Gasteiger partial charge in [-0.15, -0.1) is 0 Å². The Labute approximate surface area is 110 Å². The summed E-state index contributed by atoms with van der Waals surface area (Å²) in [5.41, 5.74) is 0. The minimum atomic E-state index is -2.17. The summed E-state index contributed by atoms with van der Waals surface area (Å²) in [6.45, 7) is 0. The van der Waals surface area contributed by atoms with Crippen LogP contribution in [0.4, 0.5) is 8.96 Å². The fourth-order valence-electron chi connectivity index (χ4n) is 0.0681. The van der Waals surface area contributed by atoms with Crippen molar-refractivity contribution in [2.45, 2.75) is 0 Å². The van der Waals surface area contributed by atoms with Crippen LogP contribution in [-0.4, -0.2) is 94.1 Å². The van der Waals surface area contributed by atoms with Gasteiger partial charge in [0, 0.05) is 0 Å². The van der Waals surface area contributed by atoms with Gasteiger partial charge in [-0.25, -0.2) is 0 Å². The third-order valence-corrected chi connectivity index (χ3v) is 0.350. The van der Waals surface area contributed by atoms with Gasteiger partial charge in [-0.1, -0.05) is 8.96 Å². The number of hydrogen-bond acceptors (Lipinski definition) is 12. The predicted molar refractivity (Wildman–Crippen MR) is 54.4 cm³/mol. The Bertz CT molecular complexity index is 175. The molecule has 0 bridgehead atoms. The molecule has 12 N–H and O–H groups in total. The molecule has 0 saturated carbocycles. The summed E-state index contributed by atoms with van der Waals surface area (Å²) in [7, 11) is -6.50. The van der Waals surface area contributed by atoms with Gasteiger partial charge in [0.05, 0.1) is 0 Å². The van der Waals surface area contributed by atoms with Gasteiger partial charge in [-0.3, -0.25) is 15.8 Å². The minimum Gasteiger partial charge on any atom is -0.402 e. The van der Waals surface area contributed by atoms with Crippen LogP contribution in [-0.2, 0) is 0 Å². The van der Waals surface area contributed by atoms with E-state index in [0.717, 1.165) is 0 Å². The molecule has 120 valence electrons. The molecular weight excluding hydrogens is 300 g/mol. The highest BCUT2D eigenvalue weighted by Crippen LogP contribution is 1.89. The number of guanidine groups is 1. The molecule has 0 radical (unpaired) electrons. The van der Waals surface area contributed by atoms with Crippen LogP contribution in [0.5, 0.6) is 0 Å². The van der Waals surface area contributed by atoms with Crippen LogP contribution in [0.15, 0.2) is 0 Å². The molecule has 20 heavy (non-hydrogen) atoms. The Kier molecular flexibility index (Phi) is 24.4. The van der Waals surface area contributed by atoms with Gasteiger partial charge in [0.15, 0.2) is 0 Å². The molecular formula is CH12B3F2N3O11. The summed E-state index contributed by atoms with van der Waals surface area (Å²) in [5, 5.41) is 82.7. The number of nitrogens with one attached hydrogen (secondary N) is 1. The zero-order valence-electron chi connectivity index (χ0n) is 9.30. The molecule has 0 atom stereocenters. The lowest BCUT2D eigenvalue weighted by atomic mass is 10.3. The van der Waals surface area contributed by atoms with E-state index in [4.69, 9.17) is 61.0 Å². The summed E-state index contributed by atoms with van der Waals surface area (Å²) in [5.74, 6) is -1.70. The van der Waals surface area contributed by atoms with Gasteiger partial charge in [-0.05, 0) is 10.6 Å². The summed E-state index contributed by atoms with van der Waals surface area (Å²) in [6, 6.07) is 0. The average Bonchev–Trinajstić information content (AvgIpc) is 2.13. The van der Waals surface area contributed by atoms with Crippen molar-refractivity contribution in [3.8, 4) is 0 Å². The summed E-state index contributed by atoms with van der Waals surface area (Å²) in [4.78, 5) is 0. The van der Waals surface area contributed by atoms with Gasteiger partial charge in [0.2, 0.25) is 0 Å². The van der Waals surface area contributed by atoms with Crippen molar-refractivity contribution in [1.82, 2.24) is 10.6 Å². The first kappa shape index (κ1) is 27.3. The topological polar surface area (TPSA) is 253 Å². The zero-order chi connectivity index (χ0) is 17.5. The molecule has 0 saturated heterocycles. The van der Waals surface area contributed by atoms with Crippen LogP contribution in [0.3, 0.4) is 0 Å². The molecule has 0 aliphatic rings. The smallest absolute Gasteiger partial charge is 0.402 e. The normalized spacial score (nSPS) is 7.45. The van der Waals surface area contributed by atoms with Crippen molar-refractivity contribution in [1.29, 1.82) is 5.41 Å². The Morgan fingerprint density at radius 1 is 0.650 bits per heavy atom. The van der Waals surface area contributed by atoms with E-state index in [-0.39, 0.29) is 0 Å². The fourth-order valence-corrected chi connectivity index (χ4v) is 0.0681. The third kappa shape index (κ3) is 89.9. The van der Waals surface area contributed by atoms with Crippen LogP contribution < -0.4 is 0 Å². The molecule has 0 rings (SSSR count). The fraction of sp³-hybridized carbons (Fsp3) is 0. The van der Waals surface area contributed by atoms with Crippen LogP contribution in [0.2, 0.25) is 0 Å². The maximum Gasteiger partial charge on any atom is 0.631 e. The Hall–Kier alpha value is -1.12. The lowest BCUT2D eigenvalue weighted by molar-refractivity contribution is -0.240. The highest BCUT2D eigenvalue weighted by molar-refractivity contribution is 6.31.